The molecule has 7 heteroatoms. The monoisotopic (exact) mass is 314 g/mol. The molecule has 0 aliphatic rings. The number of aromatic nitrogens is 1. The lowest BCUT2D eigenvalue weighted by atomic mass is 10.1. The lowest BCUT2D eigenvalue weighted by molar-refractivity contribution is -0.137. The van der Waals surface area contributed by atoms with Gasteiger partial charge in [-0.1, -0.05) is 17.7 Å². The van der Waals surface area contributed by atoms with E-state index in [1.165, 1.54) is 18.3 Å². The number of hydrogen-bond donors (Lipinski definition) is 1. The maximum Gasteiger partial charge on any atom is 0.416 e. The average Bonchev–Trinajstić information content (AvgIpc) is 2.42. The minimum absolute atomic E-state index is 0.0703. The van der Waals surface area contributed by atoms with Crippen molar-refractivity contribution in [2.24, 2.45) is 0 Å². The predicted molar refractivity (Wildman–Crippen MR) is 73.4 cm³/mol. The van der Waals surface area contributed by atoms with E-state index in [0.717, 1.165) is 17.7 Å². The van der Waals surface area contributed by atoms with Crippen LogP contribution >= 0.6 is 11.6 Å². The molecule has 0 bridgehead atoms. The third-order valence-corrected chi connectivity index (χ3v) is 2.98. The lowest BCUT2D eigenvalue weighted by Crippen LogP contribution is -2.14. The third kappa shape index (κ3) is 3.72. The molecule has 0 fully saturated rings. The van der Waals surface area contributed by atoms with Crippen LogP contribution in [0.1, 0.15) is 21.5 Å². The molecule has 2 rings (SSSR count). The summed E-state index contributed by atoms with van der Waals surface area (Å²) in [7, 11) is 0. The third-order valence-electron chi connectivity index (χ3n) is 2.68. The second-order valence-corrected chi connectivity index (χ2v) is 4.74. The summed E-state index contributed by atoms with van der Waals surface area (Å²) in [6.07, 6.45) is -2.99. The number of anilines is 1. The molecular weight excluding hydrogens is 305 g/mol. The molecule has 3 nitrogen and oxygen atoms in total. The number of benzene rings is 1. The van der Waals surface area contributed by atoms with E-state index in [4.69, 9.17) is 11.6 Å². The van der Waals surface area contributed by atoms with Gasteiger partial charge in [0, 0.05) is 11.8 Å². The standard InChI is InChI=1S/C14H10ClF3N2O/c1-8-5-11(12(15)19-7-8)20-13(21)9-3-2-4-10(6-9)14(16,17)18/h2-7H,1H3,(H,20,21). The van der Waals surface area contributed by atoms with E-state index in [-0.39, 0.29) is 16.4 Å². The summed E-state index contributed by atoms with van der Waals surface area (Å²) >= 11 is 5.83. The highest BCUT2D eigenvalue weighted by molar-refractivity contribution is 6.32. The fourth-order valence-corrected chi connectivity index (χ4v) is 1.82. The number of halogens is 4. The van der Waals surface area contributed by atoms with Crippen molar-refractivity contribution in [3.8, 4) is 0 Å². The highest BCUT2D eigenvalue weighted by Crippen LogP contribution is 2.30. The van der Waals surface area contributed by atoms with Gasteiger partial charge in [0.2, 0.25) is 0 Å². The number of amides is 1. The van der Waals surface area contributed by atoms with Crippen LogP contribution in [0.4, 0.5) is 18.9 Å². The van der Waals surface area contributed by atoms with Gasteiger partial charge in [-0.05, 0) is 36.8 Å². The molecule has 0 unspecified atom stereocenters. The smallest absolute Gasteiger partial charge is 0.319 e. The van der Waals surface area contributed by atoms with Gasteiger partial charge in [-0.25, -0.2) is 4.98 Å². The Kier molecular flexibility index (Phi) is 4.18. The zero-order valence-corrected chi connectivity index (χ0v) is 11.6. The van der Waals surface area contributed by atoms with Crippen molar-refractivity contribution in [3.63, 3.8) is 0 Å². The molecular formula is C14H10ClF3N2O. The molecule has 0 aliphatic heterocycles. The van der Waals surface area contributed by atoms with Gasteiger partial charge in [0.1, 0.15) is 0 Å². The van der Waals surface area contributed by atoms with Crippen LogP contribution in [-0.2, 0) is 6.18 Å². The highest BCUT2D eigenvalue weighted by Gasteiger charge is 2.30. The summed E-state index contributed by atoms with van der Waals surface area (Å²) in [5.74, 6) is -0.685. The fraction of sp³-hybridized carbons (Fsp3) is 0.143. The summed E-state index contributed by atoms with van der Waals surface area (Å²) in [5, 5.41) is 2.52. The number of pyridine rings is 1. The first-order valence-corrected chi connectivity index (χ1v) is 6.26. The van der Waals surface area contributed by atoms with Gasteiger partial charge in [0.15, 0.2) is 5.15 Å². The molecule has 0 atom stereocenters. The summed E-state index contributed by atoms with van der Waals surface area (Å²) in [6, 6.07) is 5.74. The molecule has 1 heterocycles. The van der Waals surface area contributed by atoms with Crippen LogP contribution in [0.15, 0.2) is 36.5 Å². The van der Waals surface area contributed by atoms with Crippen LogP contribution in [-0.4, -0.2) is 10.9 Å². The Morgan fingerprint density at radius 1 is 1.29 bits per heavy atom. The molecule has 1 aromatic heterocycles. The van der Waals surface area contributed by atoms with Crippen LogP contribution in [0.2, 0.25) is 5.15 Å². The van der Waals surface area contributed by atoms with Gasteiger partial charge in [-0.3, -0.25) is 4.79 Å². The van der Waals surface area contributed by atoms with Crippen molar-refractivity contribution >= 4 is 23.2 Å². The number of hydrogen-bond acceptors (Lipinski definition) is 2. The van der Waals surface area contributed by atoms with Gasteiger partial charge in [0.25, 0.3) is 5.91 Å². The maximum atomic E-state index is 12.6. The number of nitrogens with zero attached hydrogens (tertiary/aromatic N) is 1. The van der Waals surface area contributed by atoms with Crippen LogP contribution in [0.5, 0.6) is 0 Å². The molecule has 0 saturated heterocycles. The van der Waals surface area contributed by atoms with Crippen molar-refractivity contribution in [2.45, 2.75) is 13.1 Å². The number of aryl methyl sites for hydroxylation is 1. The van der Waals surface area contributed by atoms with Crippen molar-refractivity contribution in [3.05, 3.63) is 58.4 Å². The first-order chi connectivity index (χ1) is 9.77. The molecule has 0 spiro atoms. The summed E-state index contributed by atoms with van der Waals surface area (Å²) < 4.78 is 37.8. The van der Waals surface area contributed by atoms with Crippen molar-refractivity contribution in [1.29, 1.82) is 0 Å². The predicted octanol–water partition coefficient (Wildman–Crippen LogP) is 4.31. The average molecular weight is 315 g/mol. The van der Waals surface area contributed by atoms with E-state index < -0.39 is 17.6 Å². The fourth-order valence-electron chi connectivity index (χ4n) is 1.67. The molecule has 0 aliphatic carbocycles. The SMILES string of the molecule is Cc1cnc(Cl)c(NC(=O)c2cccc(C(F)(F)F)c2)c1. The normalized spacial score (nSPS) is 11.3. The zero-order valence-electron chi connectivity index (χ0n) is 10.8. The number of alkyl halides is 3. The quantitative estimate of drug-likeness (QED) is 0.839. The van der Waals surface area contributed by atoms with Crippen LogP contribution < -0.4 is 5.32 Å². The van der Waals surface area contributed by atoms with Crippen molar-refractivity contribution in [1.82, 2.24) is 4.98 Å². The molecule has 0 saturated carbocycles. The summed E-state index contributed by atoms with van der Waals surface area (Å²) in [5.41, 5.74) is 0.0174. The summed E-state index contributed by atoms with van der Waals surface area (Å²) in [4.78, 5) is 15.8. The Labute approximate surface area is 123 Å². The van der Waals surface area contributed by atoms with Crippen LogP contribution in [0, 0.1) is 6.92 Å². The lowest BCUT2D eigenvalue weighted by Gasteiger charge is -2.10. The largest absolute Gasteiger partial charge is 0.416 e. The van der Waals surface area contributed by atoms with Crippen molar-refractivity contribution in [2.75, 3.05) is 5.32 Å². The van der Waals surface area contributed by atoms with Crippen LogP contribution in [0.3, 0.4) is 0 Å². The molecule has 1 aromatic carbocycles. The minimum atomic E-state index is -4.50. The Morgan fingerprint density at radius 2 is 2.00 bits per heavy atom. The second kappa shape index (κ2) is 5.73. The van der Waals surface area contributed by atoms with E-state index in [1.807, 2.05) is 0 Å². The van der Waals surface area contributed by atoms with Gasteiger partial charge < -0.3 is 5.32 Å². The molecule has 0 radical (unpaired) electrons. The molecule has 2 aromatic rings. The van der Waals surface area contributed by atoms with Gasteiger partial charge >= 0.3 is 6.18 Å². The van der Waals surface area contributed by atoms with Crippen molar-refractivity contribution < 1.29 is 18.0 Å². The number of rotatable bonds is 2. The first-order valence-electron chi connectivity index (χ1n) is 5.88. The van der Waals surface area contributed by atoms with Gasteiger partial charge in [0.05, 0.1) is 11.3 Å². The van der Waals surface area contributed by atoms with Crippen LogP contribution in [0.25, 0.3) is 0 Å². The van der Waals surface area contributed by atoms with E-state index >= 15 is 0 Å². The van der Waals surface area contributed by atoms with E-state index in [1.54, 1.807) is 13.0 Å². The van der Waals surface area contributed by atoms with E-state index in [9.17, 15) is 18.0 Å². The molecule has 1 amide bonds. The number of carbonyl (C=O) groups is 1. The maximum absolute atomic E-state index is 12.6. The van der Waals surface area contributed by atoms with Gasteiger partial charge in [-0.15, -0.1) is 0 Å². The topological polar surface area (TPSA) is 42.0 Å². The Morgan fingerprint density at radius 3 is 2.67 bits per heavy atom. The second-order valence-electron chi connectivity index (χ2n) is 4.38. The Balaban J connectivity index is 2.27. The van der Waals surface area contributed by atoms with E-state index in [0.29, 0.717) is 0 Å². The zero-order chi connectivity index (χ0) is 15.6. The minimum Gasteiger partial charge on any atom is -0.319 e. The number of carbonyl (C=O) groups excluding carboxylic acids is 1. The Hall–Kier alpha value is -2.08. The highest BCUT2D eigenvalue weighted by atomic mass is 35.5. The summed E-state index contributed by atoms with van der Waals surface area (Å²) in [6.45, 7) is 1.75. The number of nitrogens with one attached hydrogen (secondary N) is 1. The van der Waals surface area contributed by atoms with Gasteiger partial charge in [-0.2, -0.15) is 13.2 Å². The first kappa shape index (κ1) is 15.3. The van der Waals surface area contributed by atoms with E-state index in [2.05, 4.69) is 10.3 Å². The Bertz CT molecular complexity index is 686. The molecule has 1 N–H and O–H groups in total. The molecule has 21 heavy (non-hydrogen) atoms. The molecule has 110 valence electrons.